The fourth-order valence-corrected chi connectivity index (χ4v) is 6.49. The predicted molar refractivity (Wildman–Crippen MR) is 202 cm³/mol. The molecule has 0 saturated heterocycles. The van der Waals surface area contributed by atoms with Crippen LogP contribution in [0, 0.1) is 0 Å². The van der Waals surface area contributed by atoms with Crippen molar-refractivity contribution in [3.63, 3.8) is 0 Å². The van der Waals surface area contributed by atoms with Crippen molar-refractivity contribution in [2.24, 2.45) is 0 Å². The summed E-state index contributed by atoms with van der Waals surface area (Å²) >= 11 is 0. The van der Waals surface area contributed by atoms with Gasteiger partial charge in [0, 0.05) is 11.8 Å². The summed E-state index contributed by atoms with van der Waals surface area (Å²) in [5.74, 6) is 0.909. The average molecular weight is 633 g/mol. The largest absolute Gasteiger partial charge is 0.317 e. The van der Waals surface area contributed by atoms with Crippen molar-refractivity contribution in [1.82, 2.24) is 21.3 Å². The van der Waals surface area contributed by atoms with Gasteiger partial charge in [0.1, 0.15) is 0 Å². The lowest BCUT2D eigenvalue weighted by Crippen LogP contribution is -2.24. The van der Waals surface area contributed by atoms with Gasteiger partial charge in [-0.1, -0.05) is 141 Å². The number of rotatable bonds is 26. The molecule has 0 aliphatic carbocycles. The molecule has 4 heteroatoms. The minimum Gasteiger partial charge on any atom is -0.317 e. The number of benzene rings is 4. The van der Waals surface area contributed by atoms with E-state index in [1.807, 2.05) is 0 Å². The standard InChI is InChI=1S/C43H60N4/c1(2-16-30-44-32-18-34-46-36-28-42(38-20-8-4-9-21-38)39-22-10-5-11-23-39)3-17-31-45-33-19-35-47-37-29-43(40-24-12-6-13-25-40)41-26-14-7-15-27-41/h4-15,20-27,42-47H,1-3,16-19,28-37H2. The van der Waals surface area contributed by atoms with Crippen LogP contribution in [0.5, 0.6) is 0 Å². The molecule has 0 aromatic heterocycles. The van der Waals surface area contributed by atoms with Crippen molar-refractivity contribution in [2.45, 2.75) is 69.6 Å². The molecule has 252 valence electrons. The molecule has 0 atom stereocenters. The quantitative estimate of drug-likeness (QED) is 0.0524. The van der Waals surface area contributed by atoms with Gasteiger partial charge in [-0.2, -0.15) is 0 Å². The molecule has 0 aliphatic rings. The van der Waals surface area contributed by atoms with Crippen molar-refractivity contribution in [3.05, 3.63) is 144 Å². The van der Waals surface area contributed by atoms with Crippen LogP contribution in [-0.2, 0) is 0 Å². The molecule has 4 rings (SSSR count). The number of hydrogen-bond acceptors (Lipinski definition) is 4. The molecule has 0 aliphatic heterocycles. The van der Waals surface area contributed by atoms with Crippen molar-refractivity contribution in [1.29, 1.82) is 0 Å². The zero-order valence-corrected chi connectivity index (χ0v) is 28.7. The fraction of sp³-hybridized carbons (Fsp3) is 0.442. The van der Waals surface area contributed by atoms with E-state index >= 15 is 0 Å². The van der Waals surface area contributed by atoms with E-state index in [0.29, 0.717) is 11.8 Å². The zero-order chi connectivity index (χ0) is 32.5. The highest BCUT2D eigenvalue weighted by Gasteiger charge is 2.14. The summed E-state index contributed by atoms with van der Waals surface area (Å²) in [7, 11) is 0. The Morgan fingerprint density at radius 2 is 0.532 bits per heavy atom. The molecule has 4 aromatic carbocycles. The summed E-state index contributed by atoms with van der Waals surface area (Å²) in [5, 5.41) is 14.6. The Kier molecular flexibility index (Phi) is 18.6. The van der Waals surface area contributed by atoms with Gasteiger partial charge in [0.15, 0.2) is 0 Å². The van der Waals surface area contributed by atoms with Gasteiger partial charge >= 0.3 is 0 Å². The second-order valence-electron chi connectivity index (χ2n) is 12.8. The van der Waals surface area contributed by atoms with Gasteiger partial charge in [-0.15, -0.1) is 0 Å². The third-order valence-electron chi connectivity index (χ3n) is 9.15. The Labute approximate surface area is 286 Å². The van der Waals surface area contributed by atoms with Crippen LogP contribution in [0.3, 0.4) is 0 Å². The molecule has 0 amide bonds. The van der Waals surface area contributed by atoms with Gasteiger partial charge in [-0.3, -0.25) is 0 Å². The number of unbranched alkanes of at least 4 members (excludes halogenated alkanes) is 4. The molecular formula is C43H60N4. The number of nitrogens with one attached hydrogen (secondary N) is 4. The lowest BCUT2D eigenvalue weighted by Gasteiger charge is -2.18. The molecule has 4 aromatic rings. The Balaban J connectivity index is 0.900. The lowest BCUT2D eigenvalue weighted by atomic mass is 9.88. The van der Waals surface area contributed by atoms with E-state index in [2.05, 4.69) is 143 Å². The van der Waals surface area contributed by atoms with Gasteiger partial charge in [-0.05, 0) is 113 Å². The van der Waals surface area contributed by atoms with Crippen molar-refractivity contribution >= 4 is 0 Å². The first-order valence-electron chi connectivity index (χ1n) is 18.4. The summed E-state index contributed by atoms with van der Waals surface area (Å²) in [6.45, 7) is 8.75. The van der Waals surface area contributed by atoms with Crippen LogP contribution in [0.4, 0.5) is 0 Å². The Morgan fingerprint density at radius 1 is 0.277 bits per heavy atom. The fourth-order valence-electron chi connectivity index (χ4n) is 6.49. The predicted octanol–water partition coefficient (Wildman–Crippen LogP) is 8.52. The van der Waals surface area contributed by atoms with E-state index in [0.717, 1.165) is 65.2 Å². The molecule has 0 radical (unpaired) electrons. The SMILES string of the molecule is c1ccc(C(CCNCCCNCCCCCCCNCCCNCCC(c2ccccc2)c2ccccc2)c2ccccc2)cc1. The molecule has 0 spiro atoms. The lowest BCUT2D eigenvalue weighted by molar-refractivity contribution is 0.531. The van der Waals surface area contributed by atoms with Crippen LogP contribution in [0.15, 0.2) is 121 Å². The van der Waals surface area contributed by atoms with Gasteiger partial charge in [0.05, 0.1) is 0 Å². The molecule has 0 heterocycles. The van der Waals surface area contributed by atoms with Gasteiger partial charge in [-0.25, -0.2) is 0 Å². The first kappa shape index (κ1) is 36.6. The van der Waals surface area contributed by atoms with Crippen LogP contribution >= 0.6 is 0 Å². The van der Waals surface area contributed by atoms with Crippen molar-refractivity contribution in [2.75, 3.05) is 52.4 Å². The molecule has 0 saturated carbocycles. The maximum absolute atomic E-state index is 3.67. The normalized spacial score (nSPS) is 11.4. The van der Waals surface area contributed by atoms with E-state index in [-0.39, 0.29) is 0 Å². The van der Waals surface area contributed by atoms with E-state index in [4.69, 9.17) is 0 Å². The van der Waals surface area contributed by atoms with Gasteiger partial charge < -0.3 is 21.3 Å². The Morgan fingerprint density at radius 3 is 0.851 bits per heavy atom. The summed E-state index contributed by atoms with van der Waals surface area (Å²) < 4.78 is 0. The molecule has 0 unspecified atom stereocenters. The molecule has 0 fully saturated rings. The third-order valence-corrected chi connectivity index (χ3v) is 9.15. The van der Waals surface area contributed by atoms with Crippen molar-refractivity contribution < 1.29 is 0 Å². The maximum atomic E-state index is 3.67. The molecule has 4 N–H and O–H groups in total. The highest BCUT2D eigenvalue weighted by molar-refractivity contribution is 5.33. The highest BCUT2D eigenvalue weighted by Crippen LogP contribution is 2.28. The highest BCUT2D eigenvalue weighted by atomic mass is 14.9. The third kappa shape index (κ3) is 15.0. The second kappa shape index (κ2) is 23.9. The second-order valence-corrected chi connectivity index (χ2v) is 12.8. The first-order chi connectivity index (χ1) is 23.4. The molecule has 0 bridgehead atoms. The minimum atomic E-state index is 0.455. The molecular weight excluding hydrogens is 573 g/mol. The van der Waals surface area contributed by atoms with Crippen LogP contribution in [-0.4, -0.2) is 52.4 Å². The summed E-state index contributed by atoms with van der Waals surface area (Å²) in [6.07, 6.45) is 11.2. The zero-order valence-electron chi connectivity index (χ0n) is 28.7. The van der Waals surface area contributed by atoms with Crippen molar-refractivity contribution in [3.8, 4) is 0 Å². The minimum absolute atomic E-state index is 0.455. The van der Waals surface area contributed by atoms with E-state index in [1.54, 1.807) is 0 Å². The topological polar surface area (TPSA) is 48.1 Å². The van der Waals surface area contributed by atoms with Crippen LogP contribution in [0.25, 0.3) is 0 Å². The first-order valence-corrected chi connectivity index (χ1v) is 18.4. The summed E-state index contributed by atoms with van der Waals surface area (Å²) in [5.41, 5.74) is 5.63. The molecule has 4 nitrogen and oxygen atoms in total. The monoisotopic (exact) mass is 632 g/mol. The van der Waals surface area contributed by atoms with Gasteiger partial charge in [0.2, 0.25) is 0 Å². The van der Waals surface area contributed by atoms with Crippen LogP contribution < -0.4 is 21.3 Å². The van der Waals surface area contributed by atoms with Gasteiger partial charge in [0.25, 0.3) is 0 Å². The Hall–Kier alpha value is -3.28. The summed E-state index contributed by atoms with van der Waals surface area (Å²) in [4.78, 5) is 0. The van der Waals surface area contributed by atoms with E-state index < -0.39 is 0 Å². The maximum Gasteiger partial charge on any atom is 0.0101 e. The number of hydrogen-bond donors (Lipinski definition) is 4. The van der Waals surface area contributed by atoms with E-state index in [9.17, 15) is 0 Å². The van der Waals surface area contributed by atoms with Crippen LogP contribution in [0.2, 0.25) is 0 Å². The summed E-state index contributed by atoms with van der Waals surface area (Å²) in [6, 6.07) is 43.7. The molecule has 47 heavy (non-hydrogen) atoms. The van der Waals surface area contributed by atoms with Crippen LogP contribution in [0.1, 0.15) is 91.9 Å². The smallest absolute Gasteiger partial charge is 0.0101 e. The average Bonchev–Trinajstić information content (AvgIpc) is 3.13. The Bertz CT molecular complexity index is 1090. The van der Waals surface area contributed by atoms with E-state index in [1.165, 1.54) is 67.2 Å².